The summed E-state index contributed by atoms with van der Waals surface area (Å²) in [6.45, 7) is 4.07. The fourth-order valence-corrected chi connectivity index (χ4v) is 1.96. The summed E-state index contributed by atoms with van der Waals surface area (Å²) in [5.41, 5.74) is 1.77. The molecular formula is C16H19NO4. The molecule has 0 aliphatic rings. The lowest BCUT2D eigenvalue weighted by atomic mass is 10.00. The second-order valence-corrected chi connectivity index (χ2v) is 5.21. The summed E-state index contributed by atoms with van der Waals surface area (Å²) in [5, 5.41) is 22.3. The van der Waals surface area contributed by atoms with Crippen LogP contribution >= 0.6 is 0 Å². The molecule has 1 unspecified atom stereocenters. The fourth-order valence-electron chi connectivity index (χ4n) is 1.96. The lowest BCUT2D eigenvalue weighted by Crippen LogP contribution is -2.28. The third-order valence-corrected chi connectivity index (χ3v) is 3.32. The number of nitrogens with one attached hydrogen (secondary N) is 1. The highest BCUT2D eigenvalue weighted by Gasteiger charge is 2.15. The highest BCUT2D eigenvalue weighted by Crippen LogP contribution is 2.23. The van der Waals surface area contributed by atoms with Gasteiger partial charge in [-0.25, -0.2) is 0 Å². The Morgan fingerprint density at radius 2 is 2.05 bits per heavy atom. The molecule has 0 aliphatic heterocycles. The largest absolute Gasteiger partial charge is 0.507 e. The highest BCUT2D eigenvalue weighted by atomic mass is 16.3. The molecule has 5 nitrogen and oxygen atoms in total. The number of aliphatic hydroxyl groups excluding tert-OH is 1. The number of hydrogen-bond acceptors (Lipinski definition) is 4. The van der Waals surface area contributed by atoms with E-state index in [1.54, 1.807) is 18.2 Å². The number of phenolic OH excluding ortho intramolecular Hbond substituents is 1. The Morgan fingerprint density at radius 3 is 2.67 bits per heavy atom. The molecule has 0 saturated heterocycles. The molecule has 0 fully saturated rings. The van der Waals surface area contributed by atoms with Crippen LogP contribution in [0.1, 0.15) is 47.4 Å². The van der Waals surface area contributed by atoms with Crippen molar-refractivity contribution >= 4 is 5.91 Å². The molecule has 0 aliphatic carbocycles. The van der Waals surface area contributed by atoms with Crippen LogP contribution in [0.4, 0.5) is 0 Å². The summed E-state index contributed by atoms with van der Waals surface area (Å²) in [7, 11) is 0. The molecule has 3 N–H and O–H groups in total. The second-order valence-electron chi connectivity index (χ2n) is 5.21. The molecule has 112 valence electrons. The SMILES string of the molecule is CC(C)c1ccc(O)c(C(=O)NCC(O)c2ccoc2)c1. The lowest BCUT2D eigenvalue weighted by Gasteiger charge is -2.12. The Kier molecular flexibility index (Phi) is 4.65. The standard InChI is InChI=1S/C16H19NO4/c1-10(2)11-3-4-14(18)13(7-11)16(20)17-8-15(19)12-5-6-21-9-12/h3-7,9-10,15,18-19H,8H2,1-2H3,(H,17,20). The van der Waals surface area contributed by atoms with Gasteiger partial charge in [-0.1, -0.05) is 19.9 Å². The molecule has 1 aromatic heterocycles. The topological polar surface area (TPSA) is 82.7 Å². The van der Waals surface area contributed by atoms with Crippen molar-refractivity contribution in [3.63, 3.8) is 0 Å². The number of aliphatic hydroxyl groups is 1. The van der Waals surface area contributed by atoms with Crippen molar-refractivity contribution in [2.45, 2.75) is 25.9 Å². The van der Waals surface area contributed by atoms with E-state index in [-0.39, 0.29) is 23.8 Å². The van der Waals surface area contributed by atoms with E-state index in [0.29, 0.717) is 5.56 Å². The van der Waals surface area contributed by atoms with E-state index in [0.717, 1.165) is 5.56 Å². The first kappa shape index (κ1) is 15.1. The number of carbonyl (C=O) groups excluding carboxylic acids is 1. The Morgan fingerprint density at radius 1 is 1.29 bits per heavy atom. The van der Waals surface area contributed by atoms with Gasteiger partial charge in [-0.05, 0) is 29.7 Å². The number of hydrogen-bond donors (Lipinski definition) is 3. The monoisotopic (exact) mass is 289 g/mol. The number of phenols is 1. The van der Waals surface area contributed by atoms with E-state index in [9.17, 15) is 15.0 Å². The molecule has 0 spiro atoms. The minimum Gasteiger partial charge on any atom is -0.507 e. The zero-order valence-corrected chi connectivity index (χ0v) is 12.0. The molecule has 0 bridgehead atoms. The summed E-state index contributed by atoms with van der Waals surface area (Å²) < 4.78 is 4.88. The Balaban J connectivity index is 2.05. The second kappa shape index (κ2) is 6.45. The van der Waals surface area contributed by atoms with Crippen LogP contribution in [0.25, 0.3) is 0 Å². The van der Waals surface area contributed by atoms with Crippen molar-refractivity contribution in [2.24, 2.45) is 0 Å². The average molecular weight is 289 g/mol. The number of benzene rings is 1. The molecule has 2 aromatic rings. The van der Waals surface area contributed by atoms with E-state index in [2.05, 4.69) is 5.32 Å². The number of amides is 1. The molecule has 2 rings (SSSR count). The molecule has 0 saturated carbocycles. The molecule has 0 radical (unpaired) electrons. The molecule has 5 heteroatoms. The van der Waals surface area contributed by atoms with Gasteiger partial charge in [0.25, 0.3) is 5.91 Å². The van der Waals surface area contributed by atoms with Crippen molar-refractivity contribution in [1.82, 2.24) is 5.32 Å². The predicted octanol–water partition coefficient (Wildman–Crippen LogP) is 2.57. The van der Waals surface area contributed by atoms with Crippen LogP contribution in [0.15, 0.2) is 41.2 Å². The van der Waals surface area contributed by atoms with E-state index in [1.165, 1.54) is 18.6 Å². The first-order valence-electron chi connectivity index (χ1n) is 6.80. The first-order chi connectivity index (χ1) is 9.99. The summed E-state index contributed by atoms with van der Waals surface area (Å²) in [6, 6.07) is 6.60. The Labute approximate surface area is 123 Å². The maximum Gasteiger partial charge on any atom is 0.255 e. The van der Waals surface area contributed by atoms with Gasteiger partial charge < -0.3 is 19.9 Å². The molecule has 1 aromatic carbocycles. The van der Waals surface area contributed by atoms with Crippen LogP contribution in [0.3, 0.4) is 0 Å². The quantitative estimate of drug-likeness (QED) is 0.790. The van der Waals surface area contributed by atoms with Gasteiger partial charge in [-0.2, -0.15) is 0 Å². The predicted molar refractivity (Wildman–Crippen MR) is 78.2 cm³/mol. The number of furan rings is 1. The van der Waals surface area contributed by atoms with Crippen molar-refractivity contribution < 1.29 is 19.4 Å². The van der Waals surface area contributed by atoms with E-state index >= 15 is 0 Å². The maximum atomic E-state index is 12.1. The van der Waals surface area contributed by atoms with Crippen LogP contribution in [0.2, 0.25) is 0 Å². The van der Waals surface area contributed by atoms with Gasteiger partial charge in [-0.3, -0.25) is 4.79 Å². The van der Waals surface area contributed by atoms with Gasteiger partial charge in [0.2, 0.25) is 0 Å². The summed E-state index contributed by atoms with van der Waals surface area (Å²) in [4.78, 5) is 12.1. The van der Waals surface area contributed by atoms with Crippen LogP contribution < -0.4 is 5.32 Å². The van der Waals surface area contributed by atoms with Gasteiger partial charge in [-0.15, -0.1) is 0 Å². The van der Waals surface area contributed by atoms with E-state index in [1.807, 2.05) is 13.8 Å². The first-order valence-corrected chi connectivity index (χ1v) is 6.80. The Hall–Kier alpha value is -2.27. The highest BCUT2D eigenvalue weighted by molar-refractivity contribution is 5.97. The normalized spacial score (nSPS) is 12.4. The molecule has 1 atom stereocenters. The number of carbonyl (C=O) groups is 1. The number of aromatic hydroxyl groups is 1. The smallest absolute Gasteiger partial charge is 0.255 e. The third-order valence-electron chi connectivity index (χ3n) is 3.32. The molecule has 1 amide bonds. The van der Waals surface area contributed by atoms with Crippen LogP contribution in [-0.4, -0.2) is 22.7 Å². The van der Waals surface area contributed by atoms with Gasteiger partial charge >= 0.3 is 0 Å². The van der Waals surface area contributed by atoms with Crippen molar-refractivity contribution in [3.8, 4) is 5.75 Å². The van der Waals surface area contributed by atoms with E-state index < -0.39 is 12.0 Å². The zero-order valence-electron chi connectivity index (χ0n) is 12.0. The Bertz CT molecular complexity index is 605. The van der Waals surface area contributed by atoms with Crippen molar-refractivity contribution in [2.75, 3.05) is 6.54 Å². The van der Waals surface area contributed by atoms with Crippen molar-refractivity contribution in [3.05, 3.63) is 53.5 Å². The zero-order chi connectivity index (χ0) is 15.4. The molecule has 1 heterocycles. The molecular weight excluding hydrogens is 270 g/mol. The summed E-state index contributed by atoms with van der Waals surface area (Å²) in [6.07, 6.45) is 2.04. The van der Waals surface area contributed by atoms with Gasteiger partial charge in [0, 0.05) is 12.1 Å². The van der Waals surface area contributed by atoms with E-state index in [4.69, 9.17) is 4.42 Å². The van der Waals surface area contributed by atoms with Gasteiger partial charge in [0.05, 0.1) is 24.2 Å². The fraction of sp³-hybridized carbons (Fsp3) is 0.312. The number of rotatable bonds is 5. The summed E-state index contributed by atoms with van der Waals surface area (Å²) in [5.74, 6) is -0.235. The van der Waals surface area contributed by atoms with Gasteiger partial charge in [0.1, 0.15) is 5.75 Å². The summed E-state index contributed by atoms with van der Waals surface area (Å²) >= 11 is 0. The average Bonchev–Trinajstić information content (AvgIpc) is 2.98. The van der Waals surface area contributed by atoms with Crippen LogP contribution in [0.5, 0.6) is 5.75 Å². The maximum absolute atomic E-state index is 12.1. The minimum atomic E-state index is -0.844. The van der Waals surface area contributed by atoms with Crippen LogP contribution in [-0.2, 0) is 0 Å². The molecule has 21 heavy (non-hydrogen) atoms. The van der Waals surface area contributed by atoms with Gasteiger partial charge in [0.15, 0.2) is 0 Å². The lowest BCUT2D eigenvalue weighted by molar-refractivity contribution is 0.0913. The third kappa shape index (κ3) is 3.64. The van der Waals surface area contributed by atoms with Crippen molar-refractivity contribution in [1.29, 1.82) is 0 Å². The van der Waals surface area contributed by atoms with Crippen LogP contribution in [0, 0.1) is 0 Å². The minimum absolute atomic E-state index is 0.0454.